The molecule has 0 amide bonds. The first-order valence-electron chi connectivity index (χ1n) is 4.13. The lowest BCUT2D eigenvalue weighted by molar-refractivity contribution is -0.117. The summed E-state index contributed by atoms with van der Waals surface area (Å²) in [5, 5.41) is 0. The quantitative estimate of drug-likeness (QED) is 0.708. The van der Waals surface area contributed by atoms with Crippen molar-refractivity contribution >= 4 is 11.5 Å². The molecule has 0 aliphatic carbocycles. The number of ketones is 1. The van der Waals surface area contributed by atoms with E-state index in [0.29, 0.717) is 5.69 Å². The molecule has 0 unspecified atom stereocenters. The van der Waals surface area contributed by atoms with Gasteiger partial charge in [0.05, 0.1) is 13.7 Å². The number of anilines is 1. The van der Waals surface area contributed by atoms with Crippen LogP contribution >= 0.6 is 0 Å². The maximum atomic E-state index is 11.6. The molecule has 0 atom stereocenters. The van der Waals surface area contributed by atoms with Crippen molar-refractivity contribution in [3.8, 4) is 0 Å². The molecular weight excluding hydrogens is 184 g/mol. The Morgan fingerprint density at radius 3 is 2.93 bits per heavy atom. The third-order valence-corrected chi connectivity index (χ3v) is 1.63. The van der Waals surface area contributed by atoms with Crippen LogP contribution in [0.5, 0.6) is 0 Å². The lowest BCUT2D eigenvalue weighted by atomic mass is 10.4. The molecule has 76 valence electrons. The van der Waals surface area contributed by atoms with Crippen molar-refractivity contribution in [3.05, 3.63) is 28.7 Å². The highest BCUT2D eigenvalue weighted by Gasteiger charge is 2.03. The summed E-state index contributed by atoms with van der Waals surface area (Å²) in [6.45, 7) is 1.51. The second kappa shape index (κ2) is 4.57. The second-order valence-electron chi connectivity index (χ2n) is 2.86. The van der Waals surface area contributed by atoms with Crippen molar-refractivity contribution in [1.29, 1.82) is 0 Å². The minimum atomic E-state index is -0.274. The van der Waals surface area contributed by atoms with Gasteiger partial charge in [0.2, 0.25) is 0 Å². The molecule has 1 rings (SSSR count). The fraction of sp³-hybridized carbons (Fsp3) is 0.333. The van der Waals surface area contributed by atoms with Crippen molar-refractivity contribution in [2.45, 2.75) is 13.5 Å². The molecular formula is C9H12N2O3. The van der Waals surface area contributed by atoms with Crippen molar-refractivity contribution < 1.29 is 9.63 Å². The highest BCUT2D eigenvalue weighted by atomic mass is 16.6. The SMILES string of the molecule is CONc1cccn(CC(C)=O)c1=O. The maximum absolute atomic E-state index is 11.6. The largest absolute Gasteiger partial charge is 0.306 e. The summed E-state index contributed by atoms with van der Waals surface area (Å²) in [7, 11) is 1.42. The fourth-order valence-electron chi connectivity index (χ4n) is 1.09. The summed E-state index contributed by atoms with van der Waals surface area (Å²) in [6, 6.07) is 3.26. The predicted molar refractivity (Wildman–Crippen MR) is 52.0 cm³/mol. The molecule has 0 aromatic carbocycles. The average Bonchev–Trinajstić information content (AvgIpc) is 2.11. The number of nitrogens with zero attached hydrogens (tertiary/aromatic N) is 1. The van der Waals surface area contributed by atoms with E-state index in [4.69, 9.17) is 0 Å². The molecule has 5 heteroatoms. The number of hydrogen-bond donors (Lipinski definition) is 1. The van der Waals surface area contributed by atoms with Crippen LogP contribution in [0.25, 0.3) is 0 Å². The minimum Gasteiger partial charge on any atom is -0.306 e. The molecule has 14 heavy (non-hydrogen) atoms. The van der Waals surface area contributed by atoms with E-state index in [0.717, 1.165) is 0 Å². The van der Waals surface area contributed by atoms with E-state index in [2.05, 4.69) is 10.3 Å². The van der Waals surface area contributed by atoms with Crippen LogP contribution in [0.15, 0.2) is 23.1 Å². The van der Waals surface area contributed by atoms with Crippen LogP contribution in [0, 0.1) is 0 Å². The Balaban J connectivity index is 3.01. The average molecular weight is 196 g/mol. The monoisotopic (exact) mass is 196 g/mol. The van der Waals surface area contributed by atoms with Gasteiger partial charge in [0.15, 0.2) is 0 Å². The third kappa shape index (κ3) is 2.43. The van der Waals surface area contributed by atoms with E-state index < -0.39 is 0 Å². The summed E-state index contributed by atoms with van der Waals surface area (Å²) in [4.78, 5) is 27.0. The standard InChI is InChI=1S/C9H12N2O3/c1-7(12)6-11-5-3-4-8(9(11)13)10-14-2/h3-5,10H,6H2,1-2H3. The molecule has 1 heterocycles. The number of rotatable bonds is 4. The lowest BCUT2D eigenvalue weighted by Crippen LogP contribution is -2.24. The molecule has 0 spiro atoms. The van der Waals surface area contributed by atoms with Crippen LogP contribution in [-0.4, -0.2) is 17.5 Å². The van der Waals surface area contributed by atoms with Gasteiger partial charge in [-0.25, -0.2) is 0 Å². The van der Waals surface area contributed by atoms with E-state index in [-0.39, 0.29) is 17.9 Å². The van der Waals surface area contributed by atoms with Gasteiger partial charge in [-0.1, -0.05) is 0 Å². The third-order valence-electron chi connectivity index (χ3n) is 1.63. The summed E-state index contributed by atoms with van der Waals surface area (Å²) in [5.41, 5.74) is 2.49. The first-order valence-corrected chi connectivity index (χ1v) is 4.13. The fourth-order valence-corrected chi connectivity index (χ4v) is 1.09. The van der Waals surface area contributed by atoms with Gasteiger partial charge in [-0.15, -0.1) is 0 Å². The normalized spacial score (nSPS) is 9.86. The number of hydrogen-bond acceptors (Lipinski definition) is 4. The Morgan fingerprint density at radius 1 is 1.64 bits per heavy atom. The summed E-state index contributed by atoms with van der Waals surface area (Å²) < 4.78 is 1.32. The molecule has 0 fully saturated rings. The Bertz CT molecular complexity index is 384. The van der Waals surface area contributed by atoms with Crippen molar-refractivity contribution in [1.82, 2.24) is 4.57 Å². The Morgan fingerprint density at radius 2 is 2.36 bits per heavy atom. The van der Waals surface area contributed by atoms with E-state index >= 15 is 0 Å². The highest BCUT2D eigenvalue weighted by Crippen LogP contribution is 1.97. The van der Waals surface area contributed by atoms with E-state index in [1.54, 1.807) is 18.3 Å². The van der Waals surface area contributed by atoms with Gasteiger partial charge in [-0.05, 0) is 19.1 Å². The van der Waals surface area contributed by atoms with Crippen LogP contribution in [0.3, 0.4) is 0 Å². The lowest BCUT2D eigenvalue weighted by Gasteiger charge is -2.06. The predicted octanol–water partition coefficient (Wildman–Crippen LogP) is 0.411. The topological polar surface area (TPSA) is 60.3 Å². The molecule has 0 bridgehead atoms. The van der Waals surface area contributed by atoms with Gasteiger partial charge in [0.25, 0.3) is 5.56 Å². The maximum Gasteiger partial charge on any atom is 0.276 e. The molecule has 0 saturated carbocycles. The summed E-state index contributed by atoms with van der Waals surface area (Å²) >= 11 is 0. The van der Waals surface area contributed by atoms with Crippen molar-refractivity contribution in [2.75, 3.05) is 12.6 Å². The summed E-state index contributed by atoms with van der Waals surface area (Å²) in [5.74, 6) is -0.0679. The zero-order valence-corrected chi connectivity index (χ0v) is 8.11. The van der Waals surface area contributed by atoms with E-state index in [1.165, 1.54) is 18.6 Å². The Hall–Kier alpha value is -1.62. The van der Waals surface area contributed by atoms with Gasteiger partial charge in [0, 0.05) is 6.20 Å². The van der Waals surface area contributed by atoms with Gasteiger partial charge in [-0.3, -0.25) is 19.9 Å². The zero-order valence-electron chi connectivity index (χ0n) is 8.11. The highest BCUT2D eigenvalue weighted by molar-refractivity contribution is 5.75. The van der Waals surface area contributed by atoms with Crippen LogP contribution in [-0.2, 0) is 16.2 Å². The molecule has 5 nitrogen and oxygen atoms in total. The Kier molecular flexibility index (Phi) is 3.41. The molecule has 1 N–H and O–H groups in total. The van der Waals surface area contributed by atoms with Gasteiger partial charge < -0.3 is 4.57 Å². The summed E-state index contributed by atoms with van der Waals surface area (Å²) in [6.07, 6.45) is 1.56. The number of aromatic nitrogens is 1. The smallest absolute Gasteiger partial charge is 0.276 e. The van der Waals surface area contributed by atoms with Crippen molar-refractivity contribution in [2.24, 2.45) is 0 Å². The molecule has 1 aromatic heterocycles. The zero-order chi connectivity index (χ0) is 10.6. The second-order valence-corrected chi connectivity index (χ2v) is 2.86. The van der Waals surface area contributed by atoms with Crippen LogP contribution in [0.4, 0.5) is 5.69 Å². The number of nitrogens with one attached hydrogen (secondary N) is 1. The van der Waals surface area contributed by atoms with E-state index in [1.807, 2.05) is 0 Å². The number of pyridine rings is 1. The first kappa shape index (κ1) is 10.5. The molecule has 1 aromatic rings. The van der Waals surface area contributed by atoms with Crippen LogP contribution < -0.4 is 11.0 Å². The molecule has 0 saturated heterocycles. The first-order chi connectivity index (χ1) is 6.65. The molecule has 0 aliphatic heterocycles. The minimum absolute atomic E-state index is 0.0679. The van der Waals surface area contributed by atoms with Crippen molar-refractivity contribution in [3.63, 3.8) is 0 Å². The number of carbonyl (C=O) groups is 1. The molecule has 0 aliphatic rings. The molecule has 0 radical (unpaired) electrons. The van der Waals surface area contributed by atoms with Crippen LogP contribution in [0.1, 0.15) is 6.92 Å². The number of carbonyl (C=O) groups excluding carboxylic acids is 1. The van der Waals surface area contributed by atoms with Crippen LogP contribution in [0.2, 0.25) is 0 Å². The van der Waals surface area contributed by atoms with Gasteiger partial charge in [-0.2, -0.15) is 0 Å². The van der Waals surface area contributed by atoms with Gasteiger partial charge in [0.1, 0.15) is 11.5 Å². The van der Waals surface area contributed by atoms with E-state index in [9.17, 15) is 9.59 Å². The van der Waals surface area contributed by atoms with Gasteiger partial charge >= 0.3 is 0 Å². The Labute approximate surface area is 81.3 Å². The number of Topliss-reactive ketones (excluding diaryl/α,β-unsaturated/α-hetero) is 1.